The predicted molar refractivity (Wildman–Crippen MR) is 99.7 cm³/mol. The molecule has 0 unspecified atom stereocenters. The van der Waals surface area contributed by atoms with Crippen LogP contribution in [0.25, 0.3) is 0 Å². The number of benzene rings is 1. The van der Waals surface area contributed by atoms with Crippen LogP contribution in [0.3, 0.4) is 0 Å². The summed E-state index contributed by atoms with van der Waals surface area (Å²) in [5.74, 6) is -0.0140. The van der Waals surface area contributed by atoms with E-state index in [0.717, 1.165) is 13.1 Å². The van der Waals surface area contributed by atoms with E-state index < -0.39 is 5.60 Å². The number of aromatic hydroxyl groups is 1. The first kappa shape index (κ1) is 20.5. The molecule has 1 aromatic rings. The van der Waals surface area contributed by atoms with E-state index >= 15 is 0 Å². The molecule has 2 aliphatic rings. The third-order valence-corrected chi connectivity index (χ3v) is 5.14. The van der Waals surface area contributed by atoms with Gasteiger partial charge in [-0.05, 0) is 44.1 Å². The van der Waals surface area contributed by atoms with E-state index in [2.05, 4.69) is 5.32 Å². The molecule has 2 aliphatic heterocycles. The van der Waals surface area contributed by atoms with Crippen LogP contribution in [0.5, 0.6) is 5.75 Å². The quantitative estimate of drug-likeness (QED) is 0.809. The Kier molecular flexibility index (Phi) is 6.86. The fraction of sp³-hybridized carbons (Fsp3) is 0.556. The van der Waals surface area contributed by atoms with E-state index in [1.165, 1.54) is 12.1 Å². The Morgan fingerprint density at radius 1 is 1.12 bits per heavy atom. The van der Waals surface area contributed by atoms with Gasteiger partial charge in [0.2, 0.25) is 0 Å². The molecule has 0 aliphatic carbocycles. The molecular formula is C18H26ClN3O4. The normalized spacial score (nSPS) is 19.6. The molecule has 3 rings (SSSR count). The number of halogens is 1. The van der Waals surface area contributed by atoms with Crippen molar-refractivity contribution >= 4 is 24.2 Å². The van der Waals surface area contributed by atoms with Crippen LogP contribution in [-0.2, 0) is 9.53 Å². The minimum atomic E-state index is -0.733. The minimum Gasteiger partial charge on any atom is -0.508 e. The van der Waals surface area contributed by atoms with Gasteiger partial charge < -0.3 is 25.0 Å². The summed E-state index contributed by atoms with van der Waals surface area (Å²) in [6, 6.07) is 6.35. The summed E-state index contributed by atoms with van der Waals surface area (Å²) in [5, 5.41) is 12.8. The summed E-state index contributed by atoms with van der Waals surface area (Å²) in [6.45, 7) is 3.52. The second kappa shape index (κ2) is 8.70. The molecule has 2 saturated heterocycles. The average molecular weight is 384 g/mol. The van der Waals surface area contributed by atoms with Gasteiger partial charge in [-0.3, -0.25) is 9.59 Å². The summed E-state index contributed by atoms with van der Waals surface area (Å²) >= 11 is 0. The van der Waals surface area contributed by atoms with Gasteiger partial charge in [-0.2, -0.15) is 0 Å². The summed E-state index contributed by atoms with van der Waals surface area (Å²) in [6.07, 6.45) is 1.34. The highest BCUT2D eigenvalue weighted by molar-refractivity contribution is 5.95. The predicted octanol–water partition coefficient (Wildman–Crippen LogP) is 0.867. The van der Waals surface area contributed by atoms with Crippen molar-refractivity contribution in [2.24, 2.45) is 0 Å². The number of carbonyl (C=O) groups excluding carboxylic acids is 2. The summed E-state index contributed by atoms with van der Waals surface area (Å²) < 4.78 is 5.61. The SMILES string of the molecule is COC1(C(=O)N2CCN(C(=O)c3cccc(O)c3)CC2)CCNCC1.Cl. The highest BCUT2D eigenvalue weighted by Gasteiger charge is 2.43. The number of carbonyl (C=O) groups is 2. The average Bonchev–Trinajstić information content (AvgIpc) is 2.67. The highest BCUT2D eigenvalue weighted by atomic mass is 35.5. The number of phenolic OH excluding ortho intramolecular Hbond substituents is 1. The Labute approximate surface area is 159 Å². The lowest BCUT2D eigenvalue weighted by atomic mass is 9.90. The molecule has 0 atom stereocenters. The number of piperazine rings is 1. The first-order chi connectivity index (χ1) is 12.1. The molecule has 0 bridgehead atoms. The molecule has 2 amide bonds. The monoisotopic (exact) mass is 383 g/mol. The lowest BCUT2D eigenvalue weighted by Gasteiger charge is -2.42. The van der Waals surface area contributed by atoms with Crippen LogP contribution >= 0.6 is 12.4 Å². The number of phenols is 1. The lowest BCUT2D eigenvalue weighted by molar-refractivity contribution is -0.159. The van der Waals surface area contributed by atoms with Gasteiger partial charge in [0.1, 0.15) is 11.4 Å². The van der Waals surface area contributed by atoms with Crippen LogP contribution in [0.4, 0.5) is 0 Å². The maximum absolute atomic E-state index is 12.9. The zero-order chi connectivity index (χ0) is 17.9. The number of hydrogen-bond acceptors (Lipinski definition) is 5. The Morgan fingerprint density at radius 3 is 2.31 bits per heavy atom. The maximum Gasteiger partial charge on any atom is 0.255 e. The van der Waals surface area contributed by atoms with E-state index in [1.807, 2.05) is 0 Å². The highest BCUT2D eigenvalue weighted by Crippen LogP contribution is 2.26. The largest absolute Gasteiger partial charge is 0.508 e. The van der Waals surface area contributed by atoms with Gasteiger partial charge in [0.15, 0.2) is 0 Å². The number of nitrogens with one attached hydrogen (secondary N) is 1. The fourth-order valence-electron chi connectivity index (χ4n) is 3.56. The van der Waals surface area contributed by atoms with Crippen molar-refractivity contribution in [1.29, 1.82) is 0 Å². The van der Waals surface area contributed by atoms with Crippen molar-refractivity contribution in [1.82, 2.24) is 15.1 Å². The number of ether oxygens (including phenoxy) is 1. The second-order valence-electron chi connectivity index (χ2n) is 6.58. The first-order valence-electron chi connectivity index (χ1n) is 8.69. The van der Waals surface area contributed by atoms with E-state index in [-0.39, 0.29) is 30.0 Å². The second-order valence-corrected chi connectivity index (χ2v) is 6.58. The van der Waals surface area contributed by atoms with E-state index in [9.17, 15) is 14.7 Å². The third kappa shape index (κ3) is 4.11. The number of nitrogens with zero attached hydrogens (tertiary/aromatic N) is 2. The summed E-state index contributed by atoms with van der Waals surface area (Å²) in [5.41, 5.74) is -0.269. The first-order valence-corrected chi connectivity index (χ1v) is 8.69. The van der Waals surface area contributed by atoms with Crippen LogP contribution in [0, 0.1) is 0 Å². The van der Waals surface area contributed by atoms with Crippen molar-refractivity contribution in [3.8, 4) is 5.75 Å². The maximum atomic E-state index is 12.9. The molecule has 7 nitrogen and oxygen atoms in total. The molecular weight excluding hydrogens is 358 g/mol. The van der Waals surface area contributed by atoms with E-state index in [0.29, 0.717) is 44.6 Å². The fourth-order valence-corrected chi connectivity index (χ4v) is 3.56. The molecule has 1 aromatic carbocycles. The Hall–Kier alpha value is -1.83. The number of rotatable bonds is 3. The Balaban J connectivity index is 0.00000243. The molecule has 0 saturated carbocycles. The molecule has 2 heterocycles. The summed E-state index contributed by atoms with van der Waals surface area (Å²) in [7, 11) is 1.60. The molecule has 8 heteroatoms. The van der Waals surface area contributed by atoms with Gasteiger partial charge in [0, 0.05) is 38.9 Å². The number of amides is 2. The van der Waals surface area contributed by atoms with Crippen LogP contribution in [0.2, 0.25) is 0 Å². The van der Waals surface area contributed by atoms with Crippen molar-refractivity contribution in [3.05, 3.63) is 29.8 Å². The van der Waals surface area contributed by atoms with Crippen molar-refractivity contribution in [3.63, 3.8) is 0 Å². The number of piperidine rings is 1. The third-order valence-electron chi connectivity index (χ3n) is 5.14. The molecule has 2 N–H and O–H groups in total. The molecule has 0 radical (unpaired) electrons. The molecule has 0 spiro atoms. The summed E-state index contributed by atoms with van der Waals surface area (Å²) in [4.78, 5) is 29.0. The van der Waals surface area contributed by atoms with Crippen LogP contribution in [0.1, 0.15) is 23.2 Å². The van der Waals surface area contributed by atoms with Gasteiger partial charge in [-0.25, -0.2) is 0 Å². The number of methoxy groups -OCH3 is 1. The van der Waals surface area contributed by atoms with Gasteiger partial charge in [0.05, 0.1) is 0 Å². The zero-order valence-corrected chi connectivity index (χ0v) is 15.8. The van der Waals surface area contributed by atoms with Gasteiger partial charge in [0.25, 0.3) is 11.8 Å². The lowest BCUT2D eigenvalue weighted by Crippen LogP contribution is -2.59. The van der Waals surface area contributed by atoms with E-state index in [1.54, 1.807) is 29.0 Å². The smallest absolute Gasteiger partial charge is 0.255 e. The Bertz CT molecular complexity index is 641. The van der Waals surface area contributed by atoms with Crippen molar-refractivity contribution < 1.29 is 19.4 Å². The van der Waals surface area contributed by atoms with Crippen molar-refractivity contribution in [2.75, 3.05) is 46.4 Å². The molecule has 0 aromatic heterocycles. The molecule has 26 heavy (non-hydrogen) atoms. The van der Waals surface area contributed by atoms with Crippen molar-refractivity contribution in [2.45, 2.75) is 18.4 Å². The van der Waals surface area contributed by atoms with Crippen LogP contribution in [0.15, 0.2) is 24.3 Å². The van der Waals surface area contributed by atoms with Gasteiger partial charge in [-0.15, -0.1) is 12.4 Å². The topological polar surface area (TPSA) is 82.1 Å². The standard InChI is InChI=1S/C18H25N3O4.ClH/c1-25-18(5-7-19-8-6-18)17(24)21-11-9-20(10-12-21)16(23)14-3-2-4-15(22)13-14;/h2-4,13,19,22H,5-12H2,1H3;1H. The Morgan fingerprint density at radius 2 is 1.73 bits per heavy atom. The minimum absolute atomic E-state index is 0. The van der Waals surface area contributed by atoms with Gasteiger partial charge in [-0.1, -0.05) is 6.07 Å². The molecule has 144 valence electrons. The number of hydrogen-bond donors (Lipinski definition) is 2. The van der Waals surface area contributed by atoms with E-state index in [4.69, 9.17) is 4.74 Å². The van der Waals surface area contributed by atoms with Gasteiger partial charge >= 0.3 is 0 Å². The van der Waals surface area contributed by atoms with Crippen LogP contribution < -0.4 is 5.32 Å². The van der Waals surface area contributed by atoms with Crippen LogP contribution in [-0.4, -0.2) is 78.7 Å². The molecule has 2 fully saturated rings. The zero-order valence-electron chi connectivity index (χ0n) is 14.9.